The minimum absolute atomic E-state index is 0.226. The SMILES string of the molecule is Cc1cc(OC2CC(N)C23CCCCCC3)ccc1Cl. The summed E-state index contributed by atoms with van der Waals surface area (Å²) in [5, 5.41) is 0.798. The highest BCUT2D eigenvalue weighted by atomic mass is 35.5. The highest BCUT2D eigenvalue weighted by molar-refractivity contribution is 6.31. The molecule has 3 rings (SSSR count). The van der Waals surface area contributed by atoms with Gasteiger partial charge in [0.15, 0.2) is 0 Å². The molecule has 0 radical (unpaired) electrons. The maximum Gasteiger partial charge on any atom is 0.120 e. The van der Waals surface area contributed by atoms with Crippen LogP contribution in [-0.4, -0.2) is 12.1 Å². The smallest absolute Gasteiger partial charge is 0.120 e. The van der Waals surface area contributed by atoms with Crippen molar-refractivity contribution in [2.24, 2.45) is 11.1 Å². The van der Waals surface area contributed by atoms with Crippen molar-refractivity contribution in [3.05, 3.63) is 28.8 Å². The largest absolute Gasteiger partial charge is 0.490 e. The number of benzene rings is 1. The van der Waals surface area contributed by atoms with Crippen LogP contribution in [0, 0.1) is 12.3 Å². The lowest BCUT2D eigenvalue weighted by molar-refractivity contribution is -0.0770. The van der Waals surface area contributed by atoms with Crippen LogP contribution in [0.5, 0.6) is 5.75 Å². The molecule has 3 heteroatoms. The fourth-order valence-corrected chi connectivity index (χ4v) is 4.00. The molecule has 0 aliphatic heterocycles. The minimum atomic E-state index is 0.226. The van der Waals surface area contributed by atoms with E-state index < -0.39 is 0 Å². The summed E-state index contributed by atoms with van der Waals surface area (Å²) in [6, 6.07) is 6.25. The van der Waals surface area contributed by atoms with E-state index in [1.54, 1.807) is 0 Å². The summed E-state index contributed by atoms with van der Waals surface area (Å²) in [7, 11) is 0. The Bertz CT molecular complexity index is 480. The molecule has 2 N–H and O–H groups in total. The molecule has 0 bridgehead atoms. The Kier molecular flexibility index (Phi) is 3.96. The first kappa shape index (κ1) is 14.2. The van der Waals surface area contributed by atoms with Crippen molar-refractivity contribution >= 4 is 11.6 Å². The Balaban J connectivity index is 1.75. The summed E-state index contributed by atoms with van der Waals surface area (Å²) in [4.78, 5) is 0. The van der Waals surface area contributed by atoms with Crippen LogP contribution >= 0.6 is 11.6 Å². The predicted molar refractivity (Wildman–Crippen MR) is 83.3 cm³/mol. The maximum absolute atomic E-state index is 6.35. The second-order valence-corrected chi connectivity index (χ2v) is 6.91. The van der Waals surface area contributed by atoms with Crippen LogP contribution in [0.15, 0.2) is 18.2 Å². The van der Waals surface area contributed by atoms with Gasteiger partial charge in [-0.25, -0.2) is 0 Å². The van der Waals surface area contributed by atoms with E-state index in [-0.39, 0.29) is 11.5 Å². The molecule has 2 nitrogen and oxygen atoms in total. The molecule has 0 aromatic heterocycles. The molecule has 2 aliphatic rings. The molecule has 1 aromatic carbocycles. The van der Waals surface area contributed by atoms with Crippen LogP contribution in [0.1, 0.15) is 50.5 Å². The molecule has 20 heavy (non-hydrogen) atoms. The second-order valence-electron chi connectivity index (χ2n) is 6.51. The normalized spacial score (nSPS) is 28.8. The molecule has 0 heterocycles. The van der Waals surface area contributed by atoms with E-state index in [0.717, 1.165) is 22.8 Å². The summed E-state index contributed by atoms with van der Waals surface area (Å²) in [5.41, 5.74) is 7.65. The third kappa shape index (κ3) is 2.44. The second kappa shape index (κ2) is 5.57. The summed E-state index contributed by atoms with van der Waals surface area (Å²) >= 11 is 6.08. The predicted octanol–water partition coefficient (Wildman–Crippen LogP) is 4.47. The molecule has 110 valence electrons. The van der Waals surface area contributed by atoms with Gasteiger partial charge in [-0.05, 0) is 43.5 Å². The van der Waals surface area contributed by atoms with E-state index >= 15 is 0 Å². The minimum Gasteiger partial charge on any atom is -0.490 e. The Morgan fingerprint density at radius 3 is 2.50 bits per heavy atom. The first-order chi connectivity index (χ1) is 9.62. The number of aryl methyl sites for hydroxylation is 1. The Morgan fingerprint density at radius 1 is 1.20 bits per heavy atom. The van der Waals surface area contributed by atoms with Gasteiger partial charge in [0, 0.05) is 22.9 Å². The molecule has 0 amide bonds. The van der Waals surface area contributed by atoms with Gasteiger partial charge in [0.05, 0.1) is 0 Å². The van der Waals surface area contributed by atoms with E-state index in [1.165, 1.54) is 38.5 Å². The van der Waals surface area contributed by atoms with Crippen molar-refractivity contribution in [2.75, 3.05) is 0 Å². The zero-order chi connectivity index (χ0) is 14.2. The van der Waals surface area contributed by atoms with Crippen molar-refractivity contribution < 1.29 is 4.74 Å². The molecule has 1 aromatic rings. The van der Waals surface area contributed by atoms with Gasteiger partial charge in [0.2, 0.25) is 0 Å². The van der Waals surface area contributed by atoms with Crippen LogP contribution in [0.3, 0.4) is 0 Å². The highest BCUT2D eigenvalue weighted by Crippen LogP contribution is 2.51. The van der Waals surface area contributed by atoms with Crippen molar-refractivity contribution in [1.82, 2.24) is 0 Å². The molecule has 2 saturated carbocycles. The summed E-state index contributed by atoms with van der Waals surface area (Å²) in [6.45, 7) is 2.02. The zero-order valence-corrected chi connectivity index (χ0v) is 13.0. The van der Waals surface area contributed by atoms with Gasteiger partial charge in [-0.3, -0.25) is 0 Å². The zero-order valence-electron chi connectivity index (χ0n) is 12.2. The van der Waals surface area contributed by atoms with E-state index in [0.29, 0.717) is 6.04 Å². The highest BCUT2D eigenvalue weighted by Gasteiger charge is 2.54. The average molecular weight is 294 g/mol. The quantitative estimate of drug-likeness (QED) is 0.873. The molecule has 2 atom stereocenters. The lowest BCUT2D eigenvalue weighted by Crippen LogP contribution is -2.63. The molecule has 2 fully saturated rings. The number of hydrogen-bond acceptors (Lipinski definition) is 2. The first-order valence-electron chi connectivity index (χ1n) is 7.80. The molecular formula is C17H24ClNO. The van der Waals surface area contributed by atoms with Gasteiger partial charge in [-0.1, -0.05) is 37.3 Å². The maximum atomic E-state index is 6.35. The van der Waals surface area contributed by atoms with Gasteiger partial charge < -0.3 is 10.5 Å². The molecular weight excluding hydrogens is 270 g/mol. The van der Waals surface area contributed by atoms with Crippen LogP contribution < -0.4 is 10.5 Å². The first-order valence-corrected chi connectivity index (χ1v) is 8.18. The third-order valence-corrected chi connectivity index (χ3v) is 5.71. The summed E-state index contributed by atoms with van der Waals surface area (Å²) in [6.07, 6.45) is 9.03. The third-order valence-electron chi connectivity index (χ3n) is 5.29. The topological polar surface area (TPSA) is 35.2 Å². The Labute approximate surface area is 126 Å². The molecule has 2 aliphatic carbocycles. The number of halogens is 1. The molecule has 0 saturated heterocycles. The van der Waals surface area contributed by atoms with Crippen molar-refractivity contribution in [1.29, 1.82) is 0 Å². The monoisotopic (exact) mass is 293 g/mol. The Morgan fingerprint density at radius 2 is 1.90 bits per heavy atom. The van der Waals surface area contributed by atoms with E-state index in [2.05, 4.69) is 0 Å². The van der Waals surface area contributed by atoms with Crippen molar-refractivity contribution in [2.45, 2.75) is 64.0 Å². The van der Waals surface area contributed by atoms with E-state index in [1.807, 2.05) is 25.1 Å². The fraction of sp³-hybridized carbons (Fsp3) is 0.647. The Hall–Kier alpha value is -0.730. The lowest BCUT2D eigenvalue weighted by atomic mass is 9.58. The van der Waals surface area contributed by atoms with E-state index in [9.17, 15) is 0 Å². The standard InChI is InChI=1S/C17H24ClNO/c1-12-10-13(6-7-14(12)18)20-16-11-15(19)17(16)8-4-2-3-5-9-17/h6-7,10,15-16H,2-5,8-9,11,19H2,1H3. The molecule has 2 unspecified atom stereocenters. The summed E-state index contributed by atoms with van der Waals surface area (Å²) < 4.78 is 6.27. The van der Waals surface area contributed by atoms with Gasteiger partial charge in [-0.2, -0.15) is 0 Å². The number of hydrogen-bond donors (Lipinski definition) is 1. The number of rotatable bonds is 2. The van der Waals surface area contributed by atoms with Crippen molar-refractivity contribution in [3.63, 3.8) is 0 Å². The van der Waals surface area contributed by atoms with E-state index in [4.69, 9.17) is 22.1 Å². The summed E-state index contributed by atoms with van der Waals surface area (Å²) in [5.74, 6) is 0.937. The van der Waals surface area contributed by atoms with Gasteiger partial charge >= 0.3 is 0 Å². The van der Waals surface area contributed by atoms with Gasteiger partial charge in [-0.15, -0.1) is 0 Å². The van der Waals surface area contributed by atoms with Gasteiger partial charge in [0.1, 0.15) is 11.9 Å². The number of nitrogens with two attached hydrogens (primary N) is 1. The van der Waals surface area contributed by atoms with Crippen LogP contribution in [0.4, 0.5) is 0 Å². The van der Waals surface area contributed by atoms with Crippen LogP contribution in [-0.2, 0) is 0 Å². The van der Waals surface area contributed by atoms with Crippen LogP contribution in [0.2, 0.25) is 5.02 Å². The van der Waals surface area contributed by atoms with Crippen LogP contribution in [0.25, 0.3) is 0 Å². The van der Waals surface area contributed by atoms with Crippen molar-refractivity contribution in [3.8, 4) is 5.75 Å². The lowest BCUT2D eigenvalue weighted by Gasteiger charge is -2.54. The molecule has 1 spiro atoms. The van der Waals surface area contributed by atoms with Gasteiger partial charge in [0.25, 0.3) is 0 Å². The fourth-order valence-electron chi connectivity index (χ4n) is 3.88. The average Bonchev–Trinajstić information content (AvgIpc) is 2.70. The number of ether oxygens (including phenoxy) is 1.